The van der Waals surface area contributed by atoms with Gasteiger partial charge in [-0.05, 0) is 61.3 Å². The lowest BCUT2D eigenvalue weighted by Gasteiger charge is -2.41. The second kappa shape index (κ2) is 28.5. The first kappa shape index (κ1) is 63.9. The number of likely N-dealkylation sites (N-methyl/N-ethyl adjacent to an activating group) is 2. The molecular weight excluding hydrogens is 1030 g/mol. The van der Waals surface area contributed by atoms with Crippen LogP contribution in [0.25, 0.3) is 11.0 Å². The van der Waals surface area contributed by atoms with E-state index >= 15 is 0 Å². The minimum absolute atomic E-state index is 0.0228. The Morgan fingerprint density at radius 1 is 0.861 bits per heavy atom. The van der Waals surface area contributed by atoms with Gasteiger partial charge in [-0.25, -0.2) is 9.59 Å². The van der Waals surface area contributed by atoms with Crippen LogP contribution in [-0.4, -0.2) is 184 Å². The van der Waals surface area contributed by atoms with Crippen LogP contribution in [0, 0.1) is 23.7 Å². The first-order chi connectivity index (χ1) is 37.3. The van der Waals surface area contributed by atoms with Gasteiger partial charge < -0.3 is 79.8 Å². The van der Waals surface area contributed by atoms with Gasteiger partial charge in [0, 0.05) is 40.4 Å². The molecule has 2 saturated heterocycles. The topological polar surface area (TPSA) is 323 Å². The van der Waals surface area contributed by atoms with Gasteiger partial charge in [-0.3, -0.25) is 24.1 Å². The number of benzene rings is 2. The first-order valence-corrected chi connectivity index (χ1v) is 27.0. The normalized spacial score (nSPS) is 22.9. The van der Waals surface area contributed by atoms with E-state index in [-0.39, 0.29) is 59.8 Å². The average molecular weight is 1110 g/mol. The number of likely N-dealkylation sites (tertiary alicyclic amines) is 1. The van der Waals surface area contributed by atoms with Crippen molar-refractivity contribution < 1.29 is 82.4 Å². The highest BCUT2D eigenvalue weighted by Crippen LogP contribution is 2.36. The number of furan rings is 1. The Bertz CT molecular complexity index is 2530. The predicted octanol–water partition coefficient (Wildman–Crippen LogP) is 3.05. The number of hydrogen-bond acceptors (Lipinski definition) is 17. The van der Waals surface area contributed by atoms with Gasteiger partial charge in [0.25, 0.3) is 0 Å². The minimum Gasteiger partial charge on any atom is -0.479 e. The highest BCUT2D eigenvalue weighted by molar-refractivity contribution is 5.92. The number of amides is 5. The van der Waals surface area contributed by atoms with Crippen molar-refractivity contribution in [3.8, 4) is 5.75 Å². The van der Waals surface area contributed by atoms with Crippen molar-refractivity contribution in [3.63, 3.8) is 0 Å². The largest absolute Gasteiger partial charge is 0.479 e. The Hall–Kier alpha value is -5.92. The monoisotopic (exact) mass is 1110 g/mol. The molecule has 79 heavy (non-hydrogen) atoms. The smallest absolute Gasteiger partial charge is 0.410 e. The van der Waals surface area contributed by atoms with Crippen molar-refractivity contribution in [1.82, 2.24) is 25.3 Å². The molecule has 0 saturated carbocycles. The van der Waals surface area contributed by atoms with Crippen molar-refractivity contribution in [2.75, 3.05) is 34.9 Å². The molecule has 440 valence electrons. The van der Waals surface area contributed by atoms with E-state index in [4.69, 9.17) is 33.8 Å². The summed E-state index contributed by atoms with van der Waals surface area (Å²) in [5.74, 6) is -4.69. The lowest BCUT2D eigenvalue weighted by molar-refractivity contribution is -0.270. The van der Waals surface area contributed by atoms with E-state index in [1.54, 1.807) is 65.6 Å². The molecule has 2 aliphatic rings. The highest BCUT2D eigenvalue weighted by atomic mass is 16.7. The zero-order chi connectivity index (χ0) is 58.7. The Balaban J connectivity index is 1.26. The summed E-state index contributed by atoms with van der Waals surface area (Å²) in [6, 6.07) is 9.59. The number of fused-ring (bicyclic) bond motifs is 1. The minimum atomic E-state index is -1.93. The highest BCUT2D eigenvalue weighted by Gasteiger charge is 2.49. The van der Waals surface area contributed by atoms with Crippen LogP contribution in [0.1, 0.15) is 104 Å². The van der Waals surface area contributed by atoms with Crippen LogP contribution in [0.2, 0.25) is 0 Å². The molecule has 5 amide bonds. The number of aliphatic hydroxyl groups excluding tert-OH is 4. The molecule has 23 nitrogen and oxygen atoms in total. The van der Waals surface area contributed by atoms with Gasteiger partial charge in [0.15, 0.2) is 6.10 Å². The van der Waals surface area contributed by atoms with Gasteiger partial charge in [0.1, 0.15) is 54.1 Å². The van der Waals surface area contributed by atoms with Crippen LogP contribution in [0.15, 0.2) is 52.9 Å². The fourth-order valence-corrected chi connectivity index (χ4v) is 10.7. The SMILES string of the molecule is CCC(C)C(C(CC(=O)N1CCCC1C(OC)C(C)C(=O)NC(C)C(O)c1ccccc1)OC)N(C)C(=O)[C@@H](NC(=O)C(C(C)C)N(C)C(=O)OCc1ccc(O[C@@H]2O[C@H](C(=O)O)[C@@H](O)[C@H](O)[C@H]2O)c2cc(CN)oc12)C(C)C. The number of nitrogens with two attached hydrogens (primary N) is 1. The lowest BCUT2D eigenvalue weighted by Crippen LogP contribution is -2.61. The van der Waals surface area contributed by atoms with E-state index in [9.17, 15) is 54.3 Å². The van der Waals surface area contributed by atoms with Gasteiger partial charge in [-0.2, -0.15) is 0 Å². The molecule has 15 atom stereocenters. The molecule has 3 heterocycles. The van der Waals surface area contributed by atoms with E-state index in [1.165, 1.54) is 44.4 Å². The van der Waals surface area contributed by atoms with Crippen LogP contribution in [0.4, 0.5) is 4.79 Å². The van der Waals surface area contributed by atoms with E-state index in [0.29, 0.717) is 36.9 Å². The van der Waals surface area contributed by atoms with Crippen LogP contribution in [-0.2, 0) is 56.1 Å². The third-order valence-electron chi connectivity index (χ3n) is 15.5. The van der Waals surface area contributed by atoms with Crippen LogP contribution < -0.4 is 21.1 Å². The van der Waals surface area contributed by atoms with Gasteiger partial charge in [0.2, 0.25) is 29.9 Å². The summed E-state index contributed by atoms with van der Waals surface area (Å²) in [5, 5.41) is 57.6. The van der Waals surface area contributed by atoms with Crippen LogP contribution in [0.3, 0.4) is 0 Å². The maximum Gasteiger partial charge on any atom is 0.410 e. The molecule has 0 aliphatic carbocycles. The second-order valence-corrected chi connectivity index (χ2v) is 21.6. The van der Waals surface area contributed by atoms with Gasteiger partial charge in [0.05, 0.1) is 60.7 Å². The third kappa shape index (κ3) is 14.9. The number of nitrogens with one attached hydrogen (secondary N) is 2. The molecule has 5 rings (SSSR count). The number of rotatable bonds is 26. The zero-order valence-electron chi connectivity index (χ0n) is 47.4. The Labute approximate surface area is 462 Å². The summed E-state index contributed by atoms with van der Waals surface area (Å²) >= 11 is 0. The number of nitrogens with zero attached hydrogens (tertiary/aromatic N) is 3. The molecule has 9 N–H and O–H groups in total. The number of carboxylic acids is 1. The summed E-state index contributed by atoms with van der Waals surface area (Å²) in [6.45, 7) is 14.4. The number of hydrogen-bond donors (Lipinski definition) is 8. The van der Waals surface area contributed by atoms with Crippen LogP contribution in [0.5, 0.6) is 5.75 Å². The van der Waals surface area contributed by atoms with Gasteiger partial charge in [-0.15, -0.1) is 0 Å². The molecule has 0 radical (unpaired) electrons. The van der Waals surface area contributed by atoms with Crippen LogP contribution >= 0.6 is 0 Å². The Morgan fingerprint density at radius 2 is 1.53 bits per heavy atom. The number of aliphatic carboxylic acids is 1. The summed E-state index contributed by atoms with van der Waals surface area (Å²) in [6.07, 6.45) is -10.8. The lowest BCUT2D eigenvalue weighted by atomic mass is 9.89. The summed E-state index contributed by atoms with van der Waals surface area (Å²) in [5.41, 5.74) is 7.03. The third-order valence-corrected chi connectivity index (χ3v) is 15.5. The Kier molecular flexibility index (Phi) is 23.0. The zero-order valence-corrected chi connectivity index (χ0v) is 47.4. The molecule has 3 aromatic rings. The maximum atomic E-state index is 14.8. The average Bonchev–Trinajstić information content (AvgIpc) is 4.29. The van der Waals surface area contributed by atoms with E-state index in [2.05, 4.69) is 10.6 Å². The maximum absolute atomic E-state index is 14.8. The van der Waals surface area contributed by atoms with Crippen molar-refractivity contribution in [2.24, 2.45) is 29.4 Å². The standard InChI is InChI=1S/C56H84N6O17/c1-13-30(6)43(39(74-11)25-40(63)62-23-17-20-37(62)48(75-12)31(7)51(68)58-32(8)44(64)33-18-15-14-16-19-33)60(9)53(70)41(28(2)3)59-52(69)42(29(4)5)61(10)56(73)76-27-34-21-22-38(36-24-35(26-57)77-49(34)36)78-55-47(67)45(65)46(66)50(79-55)54(71)72/h14-16,18-19,21-22,24,28-32,37,39,41-48,50,55,64-67H,13,17,20,23,25-27,57H2,1-12H3,(H,58,68)(H,59,69)(H,71,72)/t30?,31?,32?,37?,39?,41-,42?,43?,44?,45-,46-,47+,48?,50-,55+/m0/s1. The molecule has 2 aromatic carbocycles. The van der Waals surface area contributed by atoms with Crippen molar-refractivity contribution in [1.29, 1.82) is 0 Å². The molecule has 9 unspecified atom stereocenters. The Morgan fingerprint density at radius 3 is 2.11 bits per heavy atom. The molecule has 2 fully saturated rings. The summed E-state index contributed by atoms with van der Waals surface area (Å²) in [7, 11) is 6.02. The number of carboxylic acid groups (broad SMARTS) is 1. The second-order valence-electron chi connectivity index (χ2n) is 21.6. The predicted molar refractivity (Wildman–Crippen MR) is 288 cm³/mol. The van der Waals surface area contributed by atoms with Crippen molar-refractivity contribution in [2.45, 2.75) is 173 Å². The van der Waals surface area contributed by atoms with Crippen molar-refractivity contribution in [3.05, 3.63) is 65.4 Å². The summed E-state index contributed by atoms with van der Waals surface area (Å²) < 4.78 is 34.8. The van der Waals surface area contributed by atoms with Gasteiger partial charge >= 0.3 is 12.1 Å². The number of aliphatic hydroxyl groups is 4. The van der Waals surface area contributed by atoms with Gasteiger partial charge in [-0.1, -0.05) is 85.2 Å². The van der Waals surface area contributed by atoms with E-state index in [1.807, 2.05) is 32.0 Å². The number of ether oxygens (including phenoxy) is 5. The molecule has 0 spiro atoms. The number of carbonyl (C=O) groups excluding carboxylic acids is 5. The van der Waals surface area contributed by atoms with Crippen molar-refractivity contribution >= 4 is 46.7 Å². The van der Waals surface area contributed by atoms with E-state index in [0.717, 1.165) is 4.90 Å². The molecule has 1 aromatic heterocycles. The van der Waals surface area contributed by atoms with E-state index < -0.39 is 121 Å². The summed E-state index contributed by atoms with van der Waals surface area (Å²) in [4.78, 5) is 87.2. The fraction of sp³-hybridized carbons (Fsp3) is 0.643. The first-order valence-electron chi connectivity index (χ1n) is 27.0. The number of methoxy groups -OCH3 is 2. The fourth-order valence-electron chi connectivity index (χ4n) is 10.7. The molecule has 0 bridgehead atoms. The number of carbonyl (C=O) groups is 6. The quantitative estimate of drug-likeness (QED) is 0.0573. The molecule has 2 aliphatic heterocycles. The molecule has 23 heteroatoms. The molecular formula is C56H84N6O17.